The van der Waals surface area contributed by atoms with Crippen molar-refractivity contribution in [1.29, 1.82) is 0 Å². The molecule has 21 heavy (non-hydrogen) atoms. The lowest BCUT2D eigenvalue weighted by atomic mass is 10.1. The quantitative estimate of drug-likeness (QED) is 0.548. The fraction of sp³-hybridized carbons (Fsp3) is 0. The summed E-state index contributed by atoms with van der Waals surface area (Å²) in [5.41, 5.74) is 4.55. The van der Waals surface area contributed by atoms with Gasteiger partial charge < -0.3 is 0 Å². The van der Waals surface area contributed by atoms with Gasteiger partial charge in [-0.2, -0.15) is 0 Å². The number of hydrogen-bond acceptors (Lipinski definition) is 4. The van der Waals surface area contributed by atoms with E-state index in [9.17, 15) is 0 Å². The van der Waals surface area contributed by atoms with E-state index in [1.54, 1.807) is 17.5 Å². The van der Waals surface area contributed by atoms with Crippen LogP contribution < -0.4 is 0 Å². The molecule has 0 fully saturated rings. The van der Waals surface area contributed by atoms with Crippen molar-refractivity contribution in [2.45, 2.75) is 0 Å². The first kappa shape index (κ1) is 12.2. The molecule has 3 nitrogen and oxygen atoms in total. The standard InChI is InChI=1S/C17H11N3S/c1-2-5-12(6-3-1)14-11-19-13-8-9-18-17(16(13)20-14)15-7-4-10-21-15/h1-11H. The second-order valence-electron chi connectivity index (χ2n) is 4.63. The second-order valence-corrected chi connectivity index (χ2v) is 5.57. The van der Waals surface area contributed by atoms with Gasteiger partial charge in [-0.05, 0) is 17.5 Å². The van der Waals surface area contributed by atoms with E-state index in [1.165, 1.54) is 0 Å². The van der Waals surface area contributed by atoms with Crippen LogP contribution in [0.25, 0.3) is 32.9 Å². The van der Waals surface area contributed by atoms with E-state index in [0.29, 0.717) is 0 Å². The Hall–Kier alpha value is -2.59. The van der Waals surface area contributed by atoms with Crippen LogP contribution in [-0.4, -0.2) is 15.0 Å². The third kappa shape index (κ3) is 2.19. The Bertz CT molecular complexity index is 886. The number of thiophene rings is 1. The molecule has 4 heteroatoms. The molecule has 3 aromatic heterocycles. The lowest BCUT2D eigenvalue weighted by Crippen LogP contribution is -1.92. The Labute approximate surface area is 126 Å². The predicted octanol–water partition coefficient (Wildman–Crippen LogP) is 4.42. The first-order valence-corrected chi connectivity index (χ1v) is 7.51. The van der Waals surface area contributed by atoms with Gasteiger partial charge in [-0.3, -0.25) is 9.97 Å². The van der Waals surface area contributed by atoms with Crippen molar-refractivity contribution >= 4 is 22.4 Å². The summed E-state index contributed by atoms with van der Waals surface area (Å²) >= 11 is 1.66. The lowest BCUT2D eigenvalue weighted by Gasteiger charge is -2.05. The highest BCUT2D eigenvalue weighted by atomic mass is 32.1. The van der Waals surface area contributed by atoms with Crippen LogP contribution in [0, 0.1) is 0 Å². The molecule has 0 amide bonds. The van der Waals surface area contributed by atoms with Gasteiger partial charge in [0.05, 0.1) is 22.3 Å². The number of nitrogens with zero attached hydrogens (tertiary/aromatic N) is 3. The molecule has 0 saturated heterocycles. The number of benzene rings is 1. The summed E-state index contributed by atoms with van der Waals surface area (Å²) in [6.45, 7) is 0. The van der Waals surface area contributed by atoms with E-state index in [1.807, 2.05) is 54.0 Å². The topological polar surface area (TPSA) is 38.7 Å². The van der Waals surface area contributed by atoms with Crippen LogP contribution in [-0.2, 0) is 0 Å². The maximum atomic E-state index is 4.78. The summed E-state index contributed by atoms with van der Waals surface area (Å²) in [4.78, 5) is 14.9. The molecule has 0 bridgehead atoms. The van der Waals surface area contributed by atoms with Crippen LogP contribution in [0.3, 0.4) is 0 Å². The number of rotatable bonds is 2. The van der Waals surface area contributed by atoms with Crippen LogP contribution in [0.1, 0.15) is 0 Å². The van der Waals surface area contributed by atoms with Gasteiger partial charge in [-0.15, -0.1) is 11.3 Å². The van der Waals surface area contributed by atoms with Crippen LogP contribution in [0.15, 0.2) is 66.3 Å². The minimum atomic E-state index is 0.848. The molecule has 0 spiro atoms. The Kier molecular flexibility index (Phi) is 2.94. The molecular weight excluding hydrogens is 278 g/mol. The Morgan fingerprint density at radius 2 is 1.76 bits per heavy atom. The molecule has 0 atom stereocenters. The third-order valence-corrected chi connectivity index (χ3v) is 4.16. The maximum Gasteiger partial charge on any atom is 0.117 e. The molecule has 1 aromatic carbocycles. The molecule has 0 unspecified atom stereocenters. The van der Waals surface area contributed by atoms with Crippen LogP contribution >= 0.6 is 11.3 Å². The fourth-order valence-corrected chi connectivity index (χ4v) is 3.00. The molecule has 4 rings (SSSR count). The van der Waals surface area contributed by atoms with Crippen molar-refractivity contribution in [3.63, 3.8) is 0 Å². The summed E-state index contributed by atoms with van der Waals surface area (Å²) < 4.78 is 0. The molecule has 4 aromatic rings. The summed E-state index contributed by atoms with van der Waals surface area (Å²) in [7, 11) is 0. The molecule has 0 saturated carbocycles. The van der Waals surface area contributed by atoms with Gasteiger partial charge in [0.25, 0.3) is 0 Å². The number of aromatic nitrogens is 3. The average Bonchev–Trinajstić information content (AvgIpc) is 3.09. The van der Waals surface area contributed by atoms with Gasteiger partial charge in [0.2, 0.25) is 0 Å². The normalized spacial score (nSPS) is 10.9. The average molecular weight is 289 g/mol. The molecule has 0 aliphatic carbocycles. The lowest BCUT2D eigenvalue weighted by molar-refractivity contribution is 1.25. The van der Waals surface area contributed by atoms with Crippen molar-refractivity contribution in [2.24, 2.45) is 0 Å². The van der Waals surface area contributed by atoms with E-state index in [2.05, 4.69) is 16.0 Å². The van der Waals surface area contributed by atoms with Gasteiger partial charge in [0.1, 0.15) is 11.2 Å². The third-order valence-electron chi connectivity index (χ3n) is 3.29. The number of pyridine rings is 1. The van der Waals surface area contributed by atoms with Gasteiger partial charge in [-0.25, -0.2) is 4.98 Å². The Morgan fingerprint density at radius 1 is 0.857 bits per heavy atom. The van der Waals surface area contributed by atoms with Crippen molar-refractivity contribution in [3.8, 4) is 21.8 Å². The zero-order chi connectivity index (χ0) is 14.1. The van der Waals surface area contributed by atoms with Crippen molar-refractivity contribution in [1.82, 2.24) is 15.0 Å². The first-order chi connectivity index (χ1) is 10.4. The van der Waals surface area contributed by atoms with Crippen LogP contribution in [0.4, 0.5) is 0 Å². The van der Waals surface area contributed by atoms with E-state index in [0.717, 1.165) is 32.9 Å². The van der Waals surface area contributed by atoms with Crippen molar-refractivity contribution in [3.05, 3.63) is 66.3 Å². The highest BCUT2D eigenvalue weighted by molar-refractivity contribution is 7.13. The Balaban J connectivity index is 1.96. The van der Waals surface area contributed by atoms with Gasteiger partial charge in [0.15, 0.2) is 0 Å². The van der Waals surface area contributed by atoms with Crippen molar-refractivity contribution in [2.75, 3.05) is 0 Å². The first-order valence-electron chi connectivity index (χ1n) is 6.63. The van der Waals surface area contributed by atoms with E-state index < -0.39 is 0 Å². The number of hydrogen-bond donors (Lipinski definition) is 0. The highest BCUT2D eigenvalue weighted by Crippen LogP contribution is 2.29. The highest BCUT2D eigenvalue weighted by Gasteiger charge is 2.10. The SMILES string of the molecule is c1ccc(-c2cnc3ccnc(-c4cccs4)c3n2)cc1. The Morgan fingerprint density at radius 3 is 2.57 bits per heavy atom. The summed E-state index contributed by atoms with van der Waals surface area (Å²) in [6, 6.07) is 16.1. The minimum absolute atomic E-state index is 0.848. The molecule has 0 radical (unpaired) electrons. The van der Waals surface area contributed by atoms with Gasteiger partial charge >= 0.3 is 0 Å². The molecule has 3 heterocycles. The molecule has 100 valence electrons. The molecule has 0 N–H and O–H groups in total. The largest absolute Gasteiger partial charge is 0.253 e. The van der Waals surface area contributed by atoms with Crippen LogP contribution in [0.5, 0.6) is 0 Å². The monoisotopic (exact) mass is 289 g/mol. The van der Waals surface area contributed by atoms with E-state index in [4.69, 9.17) is 4.98 Å². The summed E-state index contributed by atoms with van der Waals surface area (Å²) in [6.07, 6.45) is 3.60. The van der Waals surface area contributed by atoms with Gasteiger partial charge in [0, 0.05) is 11.8 Å². The molecular formula is C17H11N3S. The zero-order valence-corrected chi connectivity index (χ0v) is 11.9. The second kappa shape index (κ2) is 5.07. The van der Waals surface area contributed by atoms with Crippen molar-refractivity contribution < 1.29 is 0 Å². The fourth-order valence-electron chi connectivity index (χ4n) is 2.28. The summed E-state index contributed by atoms with van der Waals surface area (Å²) in [5, 5.41) is 2.05. The van der Waals surface area contributed by atoms with E-state index >= 15 is 0 Å². The molecule has 0 aliphatic rings. The maximum absolute atomic E-state index is 4.78. The van der Waals surface area contributed by atoms with E-state index in [-0.39, 0.29) is 0 Å². The minimum Gasteiger partial charge on any atom is -0.253 e. The van der Waals surface area contributed by atoms with Crippen LogP contribution in [0.2, 0.25) is 0 Å². The predicted molar refractivity (Wildman–Crippen MR) is 86.1 cm³/mol. The smallest absolute Gasteiger partial charge is 0.117 e. The van der Waals surface area contributed by atoms with Gasteiger partial charge in [-0.1, -0.05) is 36.4 Å². The zero-order valence-electron chi connectivity index (χ0n) is 11.1. The summed E-state index contributed by atoms with van der Waals surface area (Å²) in [5.74, 6) is 0. The molecule has 0 aliphatic heterocycles. The number of fused-ring (bicyclic) bond motifs is 1.